The molecule has 6 heteroatoms. The highest BCUT2D eigenvalue weighted by atomic mass is 31.2. The van der Waals surface area contributed by atoms with Gasteiger partial charge in [0.15, 0.2) is 5.76 Å². The molecule has 0 fully saturated rings. The first kappa shape index (κ1) is 14.7. The predicted octanol–water partition coefficient (Wildman–Crippen LogP) is 2.42. The Morgan fingerprint density at radius 1 is 0.909 bits per heavy atom. The zero-order chi connectivity index (χ0) is 15.6. The van der Waals surface area contributed by atoms with Gasteiger partial charge in [-0.3, -0.25) is 0 Å². The van der Waals surface area contributed by atoms with Crippen LogP contribution in [0.1, 0.15) is 5.89 Å². The lowest BCUT2D eigenvalue weighted by Gasteiger charge is -2.27. The zero-order valence-corrected chi connectivity index (χ0v) is 12.4. The Labute approximate surface area is 127 Å². The van der Waals surface area contributed by atoms with Gasteiger partial charge in [0.1, 0.15) is 5.69 Å². The first-order valence-corrected chi connectivity index (χ1v) is 8.37. The zero-order valence-electron chi connectivity index (χ0n) is 11.5. The number of hydrogen-bond donors (Lipinski definition) is 0. The lowest BCUT2D eigenvalue weighted by molar-refractivity contribution is -0.314. The van der Waals surface area contributed by atoms with Crippen molar-refractivity contribution in [3.8, 4) is 22.6 Å². The summed E-state index contributed by atoms with van der Waals surface area (Å²) in [5.74, 6) is 0.362. The minimum atomic E-state index is -4.73. The van der Waals surface area contributed by atoms with Crippen molar-refractivity contribution in [1.82, 2.24) is 4.98 Å². The average molecular weight is 313 g/mol. The molecule has 0 saturated carbocycles. The van der Waals surface area contributed by atoms with Gasteiger partial charge in [0.05, 0.1) is 6.16 Å². The monoisotopic (exact) mass is 313 g/mol. The third kappa shape index (κ3) is 3.34. The van der Waals surface area contributed by atoms with Crippen molar-refractivity contribution in [3.63, 3.8) is 0 Å². The number of hydrogen-bond acceptors (Lipinski definition) is 5. The maximum Gasteiger partial charge on any atom is 0.200 e. The van der Waals surface area contributed by atoms with Gasteiger partial charge in [-0.05, 0) is 0 Å². The lowest BCUT2D eigenvalue weighted by Crippen LogP contribution is -2.15. The molecule has 1 aromatic heterocycles. The molecule has 0 amide bonds. The summed E-state index contributed by atoms with van der Waals surface area (Å²) in [7, 11) is -4.73. The standard InChI is InChI=1S/C16H14NO4P/c18-22(19,20)11-14-17-15(12-7-3-1-4-8-12)16(21-14)13-9-5-2-6-10-13/h1-10H,11H2,(H2,18,19,20)/p-2. The Kier molecular flexibility index (Phi) is 3.94. The topological polar surface area (TPSA) is 89.2 Å². The molecule has 0 radical (unpaired) electrons. The second kappa shape index (κ2) is 5.89. The number of oxazole rings is 1. The molecule has 0 saturated heterocycles. The van der Waals surface area contributed by atoms with E-state index in [4.69, 9.17) is 4.42 Å². The van der Waals surface area contributed by atoms with Crippen molar-refractivity contribution in [1.29, 1.82) is 0 Å². The number of nitrogens with zero attached hydrogens (tertiary/aromatic N) is 1. The van der Waals surface area contributed by atoms with E-state index < -0.39 is 13.8 Å². The van der Waals surface area contributed by atoms with Crippen LogP contribution in [0.15, 0.2) is 65.1 Å². The summed E-state index contributed by atoms with van der Waals surface area (Å²) in [4.78, 5) is 26.1. The Morgan fingerprint density at radius 3 is 2.00 bits per heavy atom. The molecule has 5 nitrogen and oxygen atoms in total. The van der Waals surface area contributed by atoms with Crippen LogP contribution in [-0.4, -0.2) is 4.98 Å². The van der Waals surface area contributed by atoms with E-state index in [2.05, 4.69) is 4.98 Å². The molecule has 0 aliphatic rings. The van der Waals surface area contributed by atoms with Gasteiger partial charge in [0, 0.05) is 11.1 Å². The van der Waals surface area contributed by atoms with E-state index in [1.54, 1.807) is 0 Å². The fourth-order valence-corrected chi connectivity index (χ4v) is 2.64. The fraction of sp³-hybridized carbons (Fsp3) is 0.0625. The number of rotatable bonds is 4. The predicted molar refractivity (Wildman–Crippen MR) is 78.7 cm³/mol. The van der Waals surface area contributed by atoms with Crippen LogP contribution in [0.5, 0.6) is 0 Å². The van der Waals surface area contributed by atoms with Crippen molar-refractivity contribution in [2.24, 2.45) is 0 Å². The molecule has 1 heterocycles. The highest BCUT2D eigenvalue weighted by Gasteiger charge is 2.17. The summed E-state index contributed by atoms with van der Waals surface area (Å²) in [5, 5.41) is 0. The van der Waals surface area contributed by atoms with E-state index >= 15 is 0 Å². The molecule has 0 N–H and O–H groups in total. The van der Waals surface area contributed by atoms with Crippen LogP contribution in [0.4, 0.5) is 0 Å². The molecular formula is C16H12NO4P-2. The maximum atomic E-state index is 11.0. The average Bonchev–Trinajstić information content (AvgIpc) is 2.91. The van der Waals surface area contributed by atoms with Gasteiger partial charge in [0.2, 0.25) is 5.89 Å². The Bertz CT molecular complexity index is 752. The van der Waals surface area contributed by atoms with Crippen LogP contribution >= 0.6 is 7.60 Å². The summed E-state index contributed by atoms with van der Waals surface area (Å²) in [6.45, 7) is 0. The molecule has 3 aromatic rings. The van der Waals surface area contributed by atoms with Crippen molar-refractivity contribution < 1.29 is 18.8 Å². The molecule has 3 rings (SSSR count). The van der Waals surface area contributed by atoms with E-state index in [1.807, 2.05) is 60.7 Å². The second-order valence-electron chi connectivity index (χ2n) is 4.79. The largest absolute Gasteiger partial charge is 0.810 e. The first-order valence-electron chi connectivity index (χ1n) is 6.64. The molecule has 0 aliphatic carbocycles. The van der Waals surface area contributed by atoms with Gasteiger partial charge in [-0.1, -0.05) is 68.3 Å². The van der Waals surface area contributed by atoms with Gasteiger partial charge < -0.3 is 18.8 Å². The van der Waals surface area contributed by atoms with Crippen LogP contribution in [0.2, 0.25) is 0 Å². The van der Waals surface area contributed by atoms with Crippen molar-refractivity contribution in [3.05, 3.63) is 66.6 Å². The molecule has 0 atom stereocenters. The molecule has 0 aliphatic heterocycles. The molecule has 2 aromatic carbocycles. The molecule has 0 spiro atoms. The van der Waals surface area contributed by atoms with Gasteiger partial charge in [-0.25, -0.2) is 4.98 Å². The highest BCUT2D eigenvalue weighted by Crippen LogP contribution is 2.36. The van der Waals surface area contributed by atoms with Crippen LogP contribution in [0.25, 0.3) is 22.6 Å². The summed E-state index contributed by atoms with van der Waals surface area (Å²) < 4.78 is 16.5. The maximum absolute atomic E-state index is 11.0. The minimum Gasteiger partial charge on any atom is -0.810 e. The van der Waals surface area contributed by atoms with Gasteiger partial charge >= 0.3 is 0 Å². The Hall–Kier alpha value is -2.20. The van der Waals surface area contributed by atoms with Gasteiger partial charge in [-0.15, -0.1) is 0 Å². The first-order chi connectivity index (χ1) is 10.5. The minimum absolute atomic E-state index is 0.0916. The number of benzene rings is 2. The highest BCUT2D eigenvalue weighted by molar-refractivity contribution is 7.47. The van der Waals surface area contributed by atoms with Crippen LogP contribution in [0.3, 0.4) is 0 Å². The lowest BCUT2D eigenvalue weighted by atomic mass is 10.1. The molecule has 22 heavy (non-hydrogen) atoms. The van der Waals surface area contributed by atoms with Gasteiger partial charge in [-0.2, -0.15) is 0 Å². The third-order valence-electron chi connectivity index (χ3n) is 3.08. The summed E-state index contributed by atoms with van der Waals surface area (Å²) >= 11 is 0. The van der Waals surface area contributed by atoms with Crippen LogP contribution in [0, 0.1) is 0 Å². The van der Waals surface area contributed by atoms with E-state index in [-0.39, 0.29) is 5.89 Å². The smallest absolute Gasteiger partial charge is 0.200 e. The Balaban J connectivity index is 2.13. The van der Waals surface area contributed by atoms with E-state index in [1.165, 1.54) is 0 Å². The van der Waals surface area contributed by atoms with E-state index in [0.717, 1.165) is 11.1 Å². The molecular weight excluding hydrogens is 301 g/mol. The molecule has 0 bridgehead atoms. The summed E-state index contributed by atoms with van der Waals surface area (Å²) in [5.41, 5.74) is 2.09. The quantitative estimate of drug-likeness (QED) is 0.690. The number of aromatic nitrogens is 1. The summed E-state index contributed by atoms with van der Waals surface area (Å²) in [6, 6.07) is 18.5. The van der Waals surface area contributed by atoms with Crippen LogP contribution < -0.4 is 9.79 Å². The fourth-order valence-electron chi connectivity index (χ4n) is 2.17. The summed E-state index contributed by atoms with van der Waals surface area (Å²) in [6.07, 6.45) is -0.736. The van der Waals surface area contributed by atoms with E-state index in [0.29, 0.717) is 11.5 Å². The SMILES string of the molecule is O=P([O-])([O-])Cc1nc(-c2ccccc2)c(-c2ccccc2)o1. The normalized spacial score (nSPS) is 11.5. The van der Waals surface area contributed by atoms with Crippen molar-refractivity contribution in [2.45, 2.75) is 6.16 Å². The Morgan fingerprint density at radius 2 is 1.45 bits per heavy atom. The molecule has 112 valence electrons. The van der Waals surface area contributed by atoms with Crippen LogP contribution in [-0.2, 0) is 10.7 Å². The molecule has 0 unspecified atom stereocenters. The second-order valence-corrected chi connectivity index (χ2v) is 6.32. The van der Waals surface area contributed by atoms with Gasteiger partial charge in [0.25, 0.3) is 0 Å². The third-order valence-corrected chi connectivity index (χ3v) is 3.74. The van der Waals surface area contributed by atoms with Crippen molar-refractivity contribution in [2.75, 3.05) is 0 Å². The van der Waals surface area contributed by atoms with Crippen molar-refractivity contribution >= 4 is 7.60 Å². The van der Waals surface area contributed by atoms with E-state index in [9.17, 15) is 14.4 Å².